The first-order chi connectivity index (χ1) is 8.43. The summed E-state index contributed by atoms with van der Waals surface area (Å²) in [5.74, 6) is 0. The molecule has 3 heteroatoms. The number of hydrogen-bond donors (Lipinski definition) is 2. The van der Waals surface area contributed by atoms with E-state index in [1.165, 1.54) is 10.9 Å². The van der Waals surface area contributed by atoms with Gasteiger partial charge in [-0.2, -0.15) is 0 Å². The van der Waals surface area contributed by atoms with Crippen molar-refractivity contribution in [3.8, 4) is 0 Å². The molecule has 2 rings (SSSR count). The van der Waals surface area contributed by atoms with Crippen LogP contribution in [0.15, 0.2) is 30.6 Å². The Kier molecular flexibility index (Phi) is 3.37. The van der Waals surface area contributed by atoms with Crippen LogP contribution in [0, 0.1) is 0 Å². The number of benzene rings is 1. The first kappa shape index (κ1) is 13.0. The zero-order valence-electron chi connectivity index (χ0n) is 11.1. The third-order valence-corrected chi connectivity index (χ3v) is 3.20. The summed E-state index contributed by atoms with van der Waals surface area (Å²) in [5, 5.41) is 12.0. The highest BCUT2D eigenvalue weighted by Gasteiger charge is 2.17. The molecule has 0 aliphatic carbocycles. The van der Waals surface area contributed by atoms with E-state index in [-0.39, 0.29) is 12.0 Å². The van der Waals surface area contributed by atoms with Crippen LogP contribution in [0.2, 0.25) is 0 Å². The molecular weight excluding hydrogens is 224 g/mol. The minimum absolute atomic E-state index is 0.0561. The van der Waals surface area contributed by atoms with E-state index in [2.05, 4.69) is 25.8 Å². The summed E-state index contributed by atoms with van der Waals surface area (Å²) < 4.78 is 0. The van der Waals surface area contributed by atoms with E-state index in [4.69, 9.17) is 5.73 Å². The fourth-order valence-corrected chi connectivity index (χ4v) is 2.14. The van der Waals surface area contributed by atoms with Crippen LogP contribution in [0.1, 0.15) is 38.0 Å². The highest BCUT2D eigenvalue weighted by Crippen LogP contribution is 2.30. The molecule has 0 saturated heterocycles. The number of aromatic nitrogens is 1. The van der Waals surface area contributed by atoms with Crippen molar-refractivity contribution in [2.24, 2.45) is 5.73 Å². The van der Waals surface area contributed by atoms with E-state index in [1.807, 2.05) is 30.6 Å². The van der Waals surface area contributed by atoms with Crippen molar-refractivity contribution in [2.75, 3.05) is 6.54 Å². The van der Waals surface area contributed by atoms with Gasteiger partial charge in [0.25, 0.3) is 0 Å². The Morgan fingerprint density at radius 1 is 1.28 bits per heavy atom. The maximum Gasteiger partial charge on any atom is 0.0912 e. The molecular formula is C15H20N2O. The molecule has 1 aromatic heterocycles. The van der Waals surface area contributed by atoms with Gasteiger partial charge in [-0.15, -0.1) is 0 Å². The molecule has 0 radical (unpaired) electrons. The fourth-order valence-electron chi connectivity index (χ4n) is 2.14. The molecule has 3 nitrogen and oxygen atoms in total. The predicted molar refractivity (Wildman–Crippen MR) is 74.5 cm³/mol. The van der Waals surface area contributed by atoms with Gasteiger partial charge in [0.2, 0.25) is 0 Å². The molecule has 2 aromatic rings. The molecule has 3 N–H and O–H groups in total. The Morgan fingerprint density at radius 2 is 2.00 bits per heavy atom. The summed E-state index contributed by atoms with van der Waals surface area (Å²) in [5.41, 5.74) is 7.60. The fraction of sp³-hybridized carbons (Fsp3) is 0.400. The quantitative estimate of drug-likeness (QED) is 0.853. The van der Waals surface area contributed by atoms with Crippen LogP contribution < -0.4 is 5.73 Å². The van der Waals surface area contributed by atoms with Gasteiger partial charge in [0.15, 0.2) is 0 Å². The number of nitrogens with two attached hydrogens (primary N) is 1. The van der Waals surface area contributed by atoms with Crippen molar-refractivity contribution < 1.29 is 5.11 Å². The van der Waals surface area contributed by atoms with Crippen LogP contribution in [0.3, 0.4) is 0 Å². The Morgan fingerprint density at radius 3 is 2.61 bits per heavy atom. The molecule has 0 spiro atoms. The summed E-state index contributed by atoms with van der Waals surface area (Å²) in [6, 6.07) is 5.95. The average molecular weight is 244 g/mol. The summed E-state index contributed by atoms with van der Waals surface area (Å²) in [7, 11) is 0. The Hall–Kier alpha value is -1.45. The van der Waals surface area contributed by atoms with Gasteiger partial charge in [-0.1, -0.05) is 32.9 Å². The lowest BCUT2D eigenvalue weighted by Crippen LogP contribution is -2.13. The second-order valence-electron chi connectivity index (χ2n) is 5.67. The Labute approximate surface area is 108 Å². The van der Waals surface area contributed by atoms with Gasteiger partial charge in [0.05, 0.1) is 6.10 Å². The lowest BCUT2D eigenvalue weighted by Gasteiger charge is -2.21. The standard InChI is InChI=1S/C15H20N2O/c1-15(2,3)13-9-17-8-11-6-10(14(18)7-16)4-5-12(11)13/h4-6,8-9,14,18H,7,16H2,1-3H3. The number of fused-ring (bicyclic) bond motifs is 1. The van der Waals surface area contributed by atoms with Gasteiger partial charge in [0.1, 0.15) is 0 Å². The van der Waals surface area contributed by atoms with Crippen LogP contribution in [-0.2, 0) is 5.41 Å². The van der Waals surface area contributed by atoms with E-state index in [0.29, 0.717) is 0 Å². The van der Waals surface area contributed by atoms with Crippen molar-refractivity contribution in [1.29, 1.82) is 0 Å². The molecule has 1 aromatic carbocycles. The monoisotopic (exact) mass is 244 g/mol. The molecule has 0 fully saturated rings. The molecule has 1 heterocycles. The maximum absolute atomic E-state index is 9.77. The zero-order valence-corrected chi connectivity index (χ0v) is 11.1. The number of nitrogens with zero attached hydrogens (tertiary/aromatic N) is 1. The smallest absolute Gasteiger partial charge is 0.0912 e. The summed E-state index contributed by atoms with van der Waals surface area (Å²) >= 11 is 0. The SMILES string of the molecule is CC(C)(C)c1cncc2cc(C(O)CN)ccc12. The topological polar surface area (TPSA) is 59.1 Å². The number of pyridine rings is 1. The number of rotatable bonds is 2. The van der Waals surface area contributed by atoms with Crippen molar-refractivity contribution in [1.82, 2.24) is 4.98 Å². The van der Waals surface area contributed by atoms with Crippen LogP contribution in [0.5, 0.6) is 0 Å². The van der Waals surface area contributed by atoms with Gasteiger partial charge in [-0.3, -0.25) is 4.98 Å². The maximum atomic E-state index is 9.77. The molecule has 0 aliphatic heterocycles. The van der Waals surface area contributed by atoms with Crippen LogP contribution >= 0.6 is 0 Å². The van der Waals surface area contributed by atoms with Crippen molar-refractivity contribution in [3.05, 3.63) is 41.7 Å². The third kappa shape index (κ3) is 2.37. The van der Waals surface area contributed by atoms with Crippen LogP contribution in [0.4, 0.5) is 0 Å². The molecule has 1 unspecified atom stereocenters. The molecule has 18 heavy (non-hydrogen) atoms. The Bertz CT molecular complexity index is 558. The number of aliphatic hydroxyl groups is 1. The van der Waals surface area contributed by atoms with E-state index in [0.717, 1.165) is 10.9 Å². The van der Waals surface area contributed by atoms with E-state index < -0.39 is 6.10 Å². The third-order valence-electron chi connectivity index (χ3n) is 3.20. The van der Waals surface area contributed by atoms with Gasteiger partial charge in [0, 0.05) is 24.3 Å². The Balaban J connectivity index is 2.61. The number of hydrogen-bond acceptors (Lipinski definition) is 3. The van der Waals surface area contributed by atoms with E-state index >= 15 is 0 Å². The molecule has 1 atom stereocenters. The summed E-state index contributed by atoms with van der Waals surface area (Å²) in [4.78, 5) is 4.29. The summed E-state index contributed by atoms with van der Waals surface area (Å²) in [6.45, 7) is 6.75. The molecule has 0 amide bonds. The zero-order chi connectivity index (χ0) is 13.3. The van der Waals surface area contributed by atoms with Crippen LogP contribution in [-0.4, -0.2) is 16.6 Å². The first-order valence-electron chi connectivity index (χ1n) is 6.20. The minimum atomic E-state index is -0.604. The highest BCUT2D eigenvalue weighted by molar-refractivity contribution is 5.86. The first-order valence-corrected chi connectivity index (χ1v) is 6.20. The van der Waals surface area contributed by atoms with Gasteiger partial charge < -0.3 is 10.8 Å². The molecule has 0 aliphatic rings. The van der Waals surface area contributed by atoms with E-state index in [9.17, 15) is 5.11 Å². The molecule has 96 valence electrons. The second-order valence-corrected chi connectivity index (χ2v) is 5.67. The van der Waals surface area contributed by atoms with Crippen molar-refractivity contribution >= 4 is 10.8 Å². The second kappa shape index (κ2) is 4.67. The lowest BCUT2D eigenvalue weighted by atomic mass is 9.85. The molecule has 0 saturated carbocycles. The van der Waals surface area contributed by atoms with Crippen molar-refractivity contribution in [3.63, 3.8) is 0 Å². The molecule has 0 bridgehead atoms. The largest absolute Gasteiger partial charge is 0.387 e. The highest BCUT2D eigenvalue weighted by atomic mass is 16.3. The average Bonchev–Trinajstić information content (AvgIpc) is 2.35. The number of aliphatic hydroxyl groups excluding tert-OH is 1. The van der Waals surface area contributed by atoms with Gasteiger partial charge >= 0.3 is 0 Å². The normalized spacial score (nSPS) is 13.8. The van der Waals surface area contributed by atoms with Crippen LogP contribution in [0.25, 0.3) is 10.8 Å². The van der Waals surface area contributed by atoms with Gasteiger partial charge in [-0.25, -0.2) is 0 Å². The predicted octanol–water partition coefficient (Wildman–Crippen LogP) is 2.52. The minimum Gasteiger partial charge on any atom is -0.387 e. The van der Waals surface area contributed by atoms with Gasteiger partial charge in [-0.05, 0) is 28.0 Å². The summed E-state index contributed by atoms with van der Waals surface area (Å²) in [6.07, 6.45) is 3.14. The lowest BCUT2D eigenvalue weighted by molar-refractivity contribution is 0.187. The van der Waals surface area contributed by atoms with E-state index in [1.54, 1.807) is 0 Å². The van der Waals surface area contributed by atoms with Crippen molar-refractivity contribution in [2.45, 2.75) is 32.3 Å².